The van der Waals surface area contributed by atoms with E-state index in [-0.39, 0.29) is 6.03 Å². The monoisotopic (exact) mass is 345 g/mol. The maximum absolute atomic E-state index is 12.5. The molecular weight excluding hydrogens is 318 g/mol. The van der Waals surface area contributed by atoms with Crippen LogP contribution in [0.3, 0.4) is 0 Å². The number of urea groups is 1. The third kappa shape index (κ3) is 3.70. The van der Waals surface area contributed by atoms with Crippen LogP contribution in [0.4, 0.5) is 4.79 Å². The van der Waals surface area contributed by atoms with Crippen molar-refractivity contribution >= 4 is 6.03 Å². The highest BCUT2D eigenvalue weighted by Crippen LogP contribution is 2.27. The number of hydrogen-bond donors (Lipinski definition) is 1. The van der Waals surface area contributed by atoms with Gasteiger partial charge in [-0.25, -0.2) is 9.78 Å². The second-order valence-electron chi connectivity index (χ2n) is 6.59. The van der Waals surface area contributed by atoms with Crippen molar-refractivity contribution in [1.29, 1.82) is 0 Å². The topological polar surface area (TPSA) is 76.2 Å². The Morgan fingerprint density at radius 1 is 1.32 bits per heavy atom. The van der Waals surface area contributed by atoms with Gasteiger partial charge in [0.05, 0.1) is 12.0 Å². The van der Waals surface area contributed by atoms with Crippen molar-refractivity contribution in [2.75, 3.05) is 13.1 Å². The minimum atomic E-state index is -0.00578. The standard InChI is InChI=1S/C18H27N5O2/c1-4-15-14(17(5-2)25-21-15)10-20-18(24)23-8-6-13(7-9-23)16-11-19-12-22(16)3/h11-13H,4-10H2,1-3H3,(H,20,24). The summed E-state index contributed by atoms with van der Waals surface area (Å²) in [7, 11) is 2.02. The number of rotatable bonds is 5. The van der Waals surface area contributed by atoms with E-state index in [2.05, 4.69) is 20.0 Å². The number of imidazole rings is 1. The molecule has 2 aromatic heterocycles. The predicted octanol–water partition coefficient (Wildman–Crippen LogP) is 2.62. The van der Waals surface area contributed by atoms with Gasteiger partial charge in [-0.3, -0.25) is 0 Å². The molecule has 1 aliphatic rings. The van der Waals surface area contributed by atoms with Crippen molar-refractivity contribution in [2.24, 2.45) is 7.05 Å². The van der Waals surface area contributed by atoms with E-state index >= 15 is 0 Å². The summed E-state index contributed by atoms with van der Waals surface area (Å²) in [6.07, 6.45) is 7.31. The first-order chi connectivity index (χ1) is 12.1. The number of aromatic nitrogens is 3. The van der Waals surface area contributed by atoms with Crippen molar-refractivity contribution in [1.82, 2.24) is 24.9 Å². The smallest absolute Gasteiger partial charge is 0.317 e. The maximum atomic E-state index is 12.5. The van der Waals surface area contributed by atoms with Gasteiger partial charge >= 0.3 is 6.03 Å². The molecule has 2 aromatic rings. The summed E-state index contributed by atoms with van der Waals surface area (Å²) in [4.78, 5) is 18.6. The summed E-state index contributed by atoms with van der Waals surface area (Å²) in [6, 6.07) is -0.00578. The van der Waals surface area contributed by atoms with Gasteiger partial charge in [0.25, 0.3) is 0 Å². The molecule has 1 saturated heterocycles. The van der Waals surface area contributed by atoms with E-state index in [1.165, 1.54) is 5.69 Å². The lowest BCUT2D eigenvalue weighted by Crippen LogP contribution is -2.44. The molecule has 3 rings (SSSR count). The van der Waals surface area contributed by atoms with E-state index < -0.39 is 0 Å². The van der Waals surface area contributed by atoms with Crippen LogP contribution >= 0.6 is 0 Å². The van der Waals surface area contributed by atoms with Crippen molar-refractivity contribution in [2.45, 2.75) is 52.0 Å². The zero-order valence-corrected chi connectivity index (χ0v) is 15.3. The first-order valence-electron chi connectivity index (χ1n) is 9.09. The van der Waals surface area contributed by atoms with Crippen LogP contribution in [0.25, 0.3) is 0 Å². The van der Waals surface area contributed by atoms with Crippen LogP contribution < -0.4 is 5.32 Å². The van der Waals surface area contributed by atoms with Crippen LogP contribution in [0.1, 0.15) is 55.3 Å². The molecular formula is C18H27N5O2. The van der Waals surface area contributed by atoms with Crippen LogP contribution in [0, 0.1) is 0 Å². The van der Waals surface area contributed by atoms with Gasteiger partial charge in [0, 0.05) is 56.5 Å². The molecule has 25 heavy (non-hydrogen) atoms. The molecule has 2 amide bonds. The molecule has 1 N–H and O–H groups in total. The minimum Gasteiger partial charge on any atom is -0.361 e. The summed E-state index contributed by atoms with van der Waals surface area (Å²) in [6.45, 7) is 6.11. The molecule has 7 nitrogen and oxygen atoms in total. The minimum absolute atomic E-state index is 0.00578. The number of likely N-dealkylation sites (tertiary alicyclic amines) is 1. The Balaban J connectivity index is 1.53. The third-order valence-corrected chi connectivity index (χ3v) is 5.08. The first kappa shape index (κ1) is 17.5. The predicted molar refractivity (Wildman–Crippen MR) is 94.3 cm³/mol. The number of nitrogens with zero attached hydrogens (tertiary/aromatic N) is 4. The highest BCUT2D eigenvalue weighted by molar-refractivity contribution is 5.74. The van der Waals surface area contributed by atoms with Crippen LogP contribution in [0.2, 0.25) is 0 Å². The molecule has 136 valence electrons. The number of hydrogen-bond acceptors (Lipinski definition) is 4. The van der Waals surface area contributed by atoms with Crippen molar-refractivity contribution in [3.63, 3.8) is 0 Å². The largest absolute Gasteiger partial charge is 0.361 e. The zero-order chi connectivity index (χ0) is 17.8. The molecule has 0 bridgehead atoms. The summed E-state index contributed by atoms with van der Waals surface area (Å²) >= 11 is 0. The molecule has 1 aliphatic heterocycles. The van der Waals surface area contributed by atoms with Gasteiger partial charge in [0.15, 0.2) is 0 Å². The zero-order valence-electron chi connectivity index (χ0n) is 15.3. The molecule has 0 saturated carbocycles. The van der Waals surface area contributed by atoms with Crippen LogP contribution in [-0.2, 0) is 26.4 Å². The fourth-order valence-electron chi connectivity index (χ4n) is 3.55. The molecule has 0 atom stereocenters. The Kier molecular flexibility index (Phi) is 5.40. The molecule has 0 aromatic carbocycles. The normalized spacial score (nSPS) is 15.6. The van der Waals surface area contributed by atoms with Crippen molar-refractivity contribution in [3.05, 3.63) is 35.2 Å². The molecule has 3 heterocycles. The number of piperidine rings is 1. The van der Waals surface area contributed by atoms with Gasteiger partial charge in [-0.15, -0.1) is 0 Å². The van der Waals surface area contributed by atoms with Gasteiger partial charge in [0.1, 0.15) is 5.76 Å². The molecule has 1 fully saturated rings. The Bertz CT molecular complexity index is 691. The van der Waals surface area contributed by atoms with Crippen LogP contribution in [0.5, 0.6) is 0 Å². The molecule has 0 spiro atoms. The summed E-state index contributed by atoms with van der Waals surface area (Å²) in [5.74, 6) is 1.35. The lowest BCUT2D eigenvalue weighted by molar-refractivity contribution is 0.180. The molecule has 0 radical (unpaired) electrons. The fraction of sp³-hybridized carbons (Fsp3) is 0.611. The van der Waals surface area contributed by atoms with Crippen molar-refractivity contribution in [3.8, 4) is 0 Å². The average Bonchev–Trinajstić information content (AvgIpc) is 3.25. The second-order valence-corrected chi connectivity index (χ2v) is 6.59. The van der Waals surface area contributed by atoms with Crippen molar-refractivity contribution < 1.29 is 9.32 Å². The molecule has 7 heteroatoms. The third-order valence-electron chi connectivity index (χ3n) is 5.08. The number of carbonyl (C=O) groups excluding carboxylic acids is 1. The summed E-state index contributed by atoms with van der Waals surface area (Å²) in [5, 5.41) is 7.13. The Hall–Kier alpha value is -2.31. The van der Waals surface area contributed by atoms with Gasteiger partial charge < -0.3 is 19.3 Å². The Morgan fingerprint density at radius 2 is 2.08 bits per heavy atom. The van der Waals surface area contributed by atoms with E-state index in [1.54, 1.807) is 0 Å². The van der Waals surface area contributed by atoms with Gasteiger partial charge in [0.2, 0.25) is 0 Å². The fourth-order valence-corrected chi connectivity index (χ4v) is 3.55. The lowest BCUT2D eigenvalue weighted by Gasteiger charge is -2.32. The number of amides is 2. The van der Waals surface area contributed by atoms with Gasteiger partial charge in [-0.1, -0.05) is 19.0 Å². The highest BCUT2D eigenvalue weighted by Gasteiger charge is 2.25. The van der Waals surface area contributed by atoms with Crippen LogP contribution in [-0.4, -0.2) is 38.7 Å². The SMILES string of the molecule is CCc1noc(CC)c1CNC(=O)N1CCC(c2cncn2C)CC1. The highest BCUT2D eigenvalue weighted by atomic mass is 16.5. The lowest BCUT2D eigenvalue weighted by atomic mass is 9.94. The summed E-state index contributed by atoms with van der Waals surface area (Å²) < 4.78 is 7.43. The molecule has 0 unspecified atom stereocenters. The number of nitrogens with one attached hydrogen (secondary N) is 1. The van der Waals surface area contributed by atoms with Gasteiger partial charge in [-0.05, 0) is 19.3 Å². The average molecular weight is 345 g/mol. The first-order valence-corrected chi connectivity index (χ1v) is 9.09. The molecule has 0 aliphatic carbocycles. The van der Waals surface area contributed by atoms with E-state index in [0.29, 0.717) is 12.5 Å². The van der Waals surface area contributed by atoms with E-state index in [4.69, 9.17) is 4.52 Å². The summed E-state index contributed by atoms with van der Waals surface area (Å²) in [5.41, 5.74) is 3.22. The van der Waals surface area contributed by atoms with Gasteiger partial charge in [-0.2, -0.15) is 0 Å². The Labute approximate surface area is 148 Å². The van der Waals surface area contributed by atoms with Crippen LogP contribution in [0.15, 0.2) is 17.0 Å². The Morgan fingerprint density at radius 3 is 2.68 bits per heavy atom. The maximum Gasteiger partial charge on any atom is 0.317 e. The second kappa shape index (κ2) is 7.72. The number of aryl methyl sites for hydroxylation is 3. The van der Waals surface area contributed by atoms with E-state index in [1.807, 2.05) is 38.3 Å². The van der Waals surface area contributed by atoms with E-state index in [9.17, 15) is 4.79 Å². The quantitative estimate of drug-likeness (QED) is 0.904. The van der Waals surface area contributed by atoms with E-state index in [0.717, 1.165) is 55.8 Å². The number of carbonyl (C=O) groups is 1.